The number of amides is 1. The van der Waals surface area contributed by atoms with Gasteiger partial charge < -0.3 is 19.6 Å². The molecule has 1 amide bonds. The molecular formula is C27H32N8O. The summed E-state index contributed by atoms with van der Waals surface area (Å²) in [5.74, 6) is 1.33. The van der Waals surface area contributed by atoms with Crippen molar-refractivity contribution < 1.29 is 4.79 Å². The summed E-state index contributed by atoms with van der Waals surface area (Å²) in [6, 6.07) is 3.97. The largest absolute Gasteiger partial charge is 0.320 e. The number of nitrogens with one attached hydrogen (secondary N) is 2. The first-order valence-corrected chi connectivity index (χ1v) is 12.7. The van der Waals surface area contributed by atoms with Gasteiger partial charge in [0.25, 0.3) is 5.91 Å². The van der Waals surface area contributed by atoms with Crippen LogP contribution in [0.3, 0.4) is 0 Å². The van der Waals surface area contributed by atoms with Crippen LogP contribution in [0.4, 0.5) is 5.69 Å². The number of hydrogen-bond acceptors (Lipinski definition) is 6. The van der Waals surface area contributed by atoms with E-state index in [0.717, 1.165) is 29.8 Å². The van der Waals surface area contributed by atoms with Gasteiger partial charge in [-0.25, -0.2) is 4.98 Å². The second-order valence-corrected chi connectivity index (χ2v) is 11.0. The Morgan fingerprint density at radius 1 is 1.22 bits per heavy atom. The third kappa shape index (κ3) is 3.87. The van der Waals surface area contributed by atoms with Crippen molar-refractivity contribution in [3.05, 3.63) is 72.0 Å². The van der Waals surface area contributed by atoms with Crippen LogP contribution >= 0.6 is 0 Å². The van der Waals surface area contributed by atoms with E-state index >= 15 is 0 Å². The lowest BCUT2D eigenvalue weighted by atomic mass is 9.59. The molecule has 4 heterocycles. The molecule has 36 heavy (non-hydrogen) atoms. The molecule has 2 aliphatic rings. The molecule has 9 heteroatoms. The predicted molar refractivity (Wildman–Crippen MR) is 137 cm³/mol. The summed E-state index contributed by atoms with van der Waals surface area (Å²) < 4.78 is 3.90. The second-order valence-electron chi connectivity index (χ2n) is 11.0. The molecule has 2 saturated carbocycles. The fourth-order valence-electron chi connectivity index (χ4n) is 5.92. The molecule has 2 N–H and O–H groups in total. The first-order chi connectivity index (χ1) is 17.4. The average molecular weight is 485 g/mol. The highest BCUT2D eigenvalue weighted by atomic mass is 16.1. The summed E-state index contributed by atoms with van der Waals surface area (Å²) in [6.07, 6.45) is 16.5. The number of fused-ring (bicyclic) bond motifs is 1. The van der Waals surface area contributed by atoms with E-state index in [2.05, 4.69) is 44.6 Å². The van der Waals surface area contributed by atoms with Gasteiger partial charge in [-0.05, 0) is 68.2 Å². The van der Waals surface area contributed by atoms with Crippen molar-refractivity contribution in [2.24, 2.45) is 13.0 Å². The van der Waals surface area contributed by atoms with Crippen LogP contribution in [0, 0.1) is 5.92 Å². The highest BCUT2D eigenvalue weighted by molar-refractivity contribution is 6.08. The Kier molecular flexibility index (Phi) is 5.40. The summed E-state index contributed by atoms with van der Waals surface area (Å²) in [5.41, 5.74) is 3.90. The van der Waals surface area contributed by atoms with Crippen molar-refractivity contribution in [3.63, 3.8) is 0 Å². The lowest BCUT2D eigenvalue weighted by Crippen LogP contribution is -2.47. The van der Waals surface area contributed by atoms with Crippen LogP contribution in [0.15, 0.2) is 49.4 Å². The third-order valence-corrected chi connectivity index (χ3v) is 8.05. The fraction of sp³-hybridized carbons (Fsp3) is 0.444. The second kappa shape index (κ2) is 8.51. The highest BCUT2D eigenvalue weighted by Crippen LogP contribution is 2.51. The van der Waals surface area contributed by atoms with E-state index in [1.807, 2.05) is 46.7 Å². The van der Waals surface area contributed by atoms with Crippen LogP contribution in [0.1, 0.15) is 73.3 Å². The molecule has 0 spiro atoms. The van der Waals surface area contributed by atoms with Gasteiger partial charge in [0.05, 0.1) is 22.9 Å². The fourth-order valence-corrected chi connectivity index (χ4v) is 5.92. The van der Waals surface area contributed by atoms with Crippen LogP contribution in [0.25, 0.3) is 5.65 Å². The first kappa shape index (κ1) is 22.8. The number of hydrogen-bond donors (Lipinski definition) is 2. The van der Waals surface area contributed by atoms with E-state index in [4.69, 9.17) is 0 Å². The number of carbonyl (C=O) groups excluding carboxylic acids is 1. The number of pyridine rings is 2. The molecule has 4 aromatic heterocycles. The van der Waals surface area contributed by atoms with Gasteiger partial charge in [-0.15, -0.1) is 10.2 Å². The molecule has 186 valence electrons. The summed E-state index contributed by atoms with van der Waals surface area (Å²) in [4.78, 5) is 22.4. The molecule has 4 aromatic rings. The zero-order valence-corrected chi connectivity index (χ0v) is 21.0. The topological polar surface area (TPSA) is 102 Å². The Morgan fingerprint density at radius 2 is 2.06 bits per heavy atom. The zero-order valence-electron chi connectivity index (χ0n) is 21.0. The maximum atomic E-state index is 13.5. The van der Waals surface area contributed by atoms with E-state index in [1.54, 1.807) is 18.7 Å². The Balaban J connectivity index is 1.27. The quantitative estimate of drug-likeness (QED) is 0.413. The highest BCUT2D eigenvalue weighted by Gasteiger charge is 2.48. The Morgan fingerprint density at radius 3 is 2.75 bits per heavy atom. The van der Waals surface area contributed by atoms with Crippen molar-refractivity contribution in [2.45, 2.75) is 63.5 Å². The number of imidazole rings is 1. The number of aryl methyl sites for hydroxylation is 1. The molecular weight excluding hydrogens is 452 g/mol. The van der Waals surface area contributed by atoms with E-state index in [0.29, 0.717) is 29.4 Å². The van der Waals surface area contributed by atoms with Crippen LogP contribution < -0.4 is 10.6 Å². The van der Waals surface area contributed by atoms with Gasteiger partial charge >= 0.3 is 0 Å². The number of rotatable bonds is 7. The van der Waals surface area contributed by atoms with Crippen LogP contribution in [-0.2, 0) is 19.0 Å². The van der Waals surface area contributed by atoms with Crippen molar-refractivity contribution >= 4 is 17.2 Å². The average Bonchev–Trinajstić information content (AvgIpc) is 3.48. The summed E-state index contributed by atoms with van der Waals surface area (Å²) >= 11 is 0. The lowest BCUT2D eigenvalue weighted by molar-refractivity contribution is 0.102. The van der Waals surface area contributed by atoms with Gasteiger partial charge in [-0.3, -0.25) is 9.78 Å². The van der Waals surface area contributed by atoms with Crippen LogP contribution in [0.2, 0.25) is 0 Å². The van der Waals surface area contributed by atoms with Crippen molar-refractivity contribution in [2.75, 3.05) is 5.32 Å². The minimum Gasteiger partial charge on any atom is -0.320 e. The van der Waals surface area contributed by atoms with Gasteiger partial charge in [0, 0.05) is 43.9 Å². The molecule has 2 aliphatic carbocycles. The lowest BCUT2D eigenvalue weighted by Gasteiger charge is -2.45. The van der Waals surface area contributed by atoms with Gasteiger partial charge in [0.2, 0.25) is 0 Å². The molecule has 0 atom stereocenters. The Bertz CT molecular complexity index is 1430. The monoisotopic (exact) mass is 484 g/mol. The first-order valence-electron chi connectivity index (χ1n) is 12.7. The van der Waals surface area contributed by atoms with E-state index in [9.17, 15) is 4.79 Å². The molecule has 2 fully saturated rings. The Hall–Kier alpha value is -3.59. The maximum Gasteiger partial charge on any atom is 0.259 e. The minimum absolute atomic E-state index is 0.191. The van der Waals surface area contributed by atoms with E-state index in [-0.39, 0.29) is 16.9 Å². The molecule has 9 nitrogen and oxygen atoms in total. The van der Waals surface area contributed by atoms with Crippen molar-refractivity contribution in [1.29, 1.82) is 0 Å². The normalized spacial score (nSPS) is 22.7. The predicted octanol–water partition coefficient (Wildman–Crippen LogP) is 3.86. The number of anilines is 1. The van der Waals surface area contributed by atoms with Gasteiger partial charge in [-0.2, -0.15) is 0 Å². The smallest absolute Gasteiger partial charge is 0.259 e. The van der Waals surface area contributed by atoms with Crippen molar-refractivity contribution in [1.82, 2.24) is 34.4 Å². The molecule has 0 saturated heterocycles. The van der Waals surface area contributed by atoms with Gasteiger partial charge in [0.15, 0.2) is 0 Å². The van der Waals surface area contributed by atoms with Gasteiger partial charge in [-0.1, -0.05) is 6.92 Å². The number of nitrogens with zero attached hydrogens (tertiary/aromatic N) is 6. The molecule has 0 unspecified atom stereocenters. The number of aromatic nitrogens is 6. The van der Waals surface area contributed by atoms with E-state index in [1.165, 1.54) is 19.3 Å². The van der Waals surface area contributed by atoms with Gasteiger partial charge in [0.1, 0.15) is 17.8 Å². The SMILES string of the molecule is CC1CC(c2cncc(NC(=O)c3cc(CNC4(C)CCC4)cn4ccnc34)c2)(c2nncn2C)C1. The third-order valence-electron chi connectivity index (χ3n) is 8.05. The summed E-state index contributed by atoms with van der Waals surface area (Å²) in [7, 11) is 1.97. The molecule has 0 aromatic carbocycles. The van der Waals surface area contributed by atoms with E-state index < -0.39 is 0 Å². The van der Waals surface area contributed by atoms with Crippen LogP contribution in [0.5, 0.6) is 0 Å². The van der Waals surface area contributed by atoms with Crippen LogP contribution in [-0.4, -0.2) is 40.6 Å². The summed E-state index contributed by atoms with van der Waals surface area (Å²) in [6.45, 7) is 5.22. The minimum atomic E-state index is -0.238. The molecule has 0 bridgehead atoms. The zero-order chi connectivity index (χ0) is 24.9. The molecule has 6 rings (SSSR count). The Labute approximate surface area is 210 Å². The summed E-state index contributed by atoms with van der Waals surface area (Å²) in [5, 5.41) is 15.3. The van der Waals surface area contributed by atoms with Crippen molar-refractivity contribution in [3.8, 4) is 0 Å². The maximum absolute atomic E-state index is 13.5. The molecule has 0 radical (unpaired) electrons. The number of carbonyl (C=O) groups is 1. The standard InChI is InChI=1S/C27H32N8O/c1-18-11-27(12-18,25-33-31-17-34(25)3)20-10-21(15-28-14-20)32-24(36)22-9-19(13-30-26(2)5-4-6-26)16-35-8-7-29-23(22)35/h7-10,14-18,30H,4-6,11-13H2,1-3H3,(H,32,36). The molecule has 0 aliphatic heterocycles.